The van der Waals surface area contributed by atoms with Crippen molar-refractivity contribution < 1.29 is 22.9 Å². The van der Waals surface area contributed by atoms with Gasteiger partial charge in [0.05, 0.1) is 12.8 Å². The van der Waals surface area contributed by atoms with Gasteiger partial charge < -0.3 is 19.1 Å². The van der Waals surface area contributed by atoms with E-state index in [2.05, 4.69) is 15.5 Å². The molecule has 0 bridgehead atoms. The maximum atomic E-state index is 13.6. The van der Waals surface area contributed by atoms with Gasteiger partial charge in [-0.05, 0) is 43.2 Å². The first kappa shape index (κ1) is 18.8. The van der Waals surface area contributed by atoms with Crippen molar-refractivity contribution in [2.45, 2.75) is 26.8 Å². The molecular formula is C19H22FN4O3+. The zero-order valence-electron chi connectivity index (χ0n) is 15.3. The van der Waals surface area contributed by atoms with Crippen molar-refractivity contribution >= 4 is 11.6 Å². The number of carbonyl (C=O) groups is 1. The summed E-state index contributed by atoms with van der Waals surface area (Å²) in [5.74, 6) is 0.698. The van der Waals surface area contributed by atoms with E-state index < -0.39 is 0 Å². The van der Waals surface area contributed by atoms with E-state index in [1.807, 2.05) is 6.92 Å². The molecule has 8 heteroatoms. The van der Waals surface area contributed by atoms with Gasteiger partial charge in [0.15, 0.2) is 18.8 Å². The number of hydrogen-bond acceptors (Lipinski definition) is 5. The molecule has 0 aliphatic heterocycles. The Kier molecular flexibility index (Phi) is 5.97. The second-order valence-electron chi connectivity index (χ2n) is 6.34. The van der Waals surface area contributed by atoms with E-state index in [4.69, 9.17) is 8.83 Å². The molecule has 0 saturated heterocycles. The van der Waals surface area contributed by atoms with Crippen LogP contribution in [0, 0.1) is 12.7 Å². The van der Waals surface area contributed by atoms with Crippen molar-refractivity contribution in [2.75, 3.05) is 18.4 Å². The van der Waals surface area contributed by atoms with Crippen LogP contribution in [0.3, 0.4) is 0 Å². The lowest BCUT2D eigenvalue weighted by Gasteiger charge is -2.16. The lowest BCUT2D eigenvalue weighted by Crippen LogP contribution is -3.11. The number of hydrogen-bond donors (Lipinski definition) is 2. The molecule has 1 amide bonds. The van der Waals surface area contributed by atoms with Crippen LogP contribution < -0.4 is 10.2 Å². The standard InChI is InChI=1S/C19H21FN4O3/c1-3-8-24(11-17(25)21-14-7-6-13(2)15(20)10-14)12-18-22-23-19(27-18)16-5-4-9-26-16/h4-7,9-10H,3,8,11-12H2,1-2H3,(H,21,25)/p+1. The van der Waals surface area contributed by atoms with Crippen molar-refractivity contribution in [3.8, 4) is 11.7 Å². The molecule has 2 N–H and O–H groups in total. The Morgan fingerprint density at radius 3 is 2.85 bits per heavy atom. The van der Waals surface area contributed by atoms with Crippen LogP contribution in [0.25, 0.3) is 11.7 Å². The van der Waals surface area contributed by atoms with Gasteiger partial charge >= 0.3 is 0 Å². The Hall–Kier alpha value is -3.00. The number of benzene rings is 1. The van der Waals surface area contributed by atoms with Crippen LogP contribution in [-0.2, 0) is 11.3 Å². The molecule has 1 aromatic carbocycles. The highest BCUT2D eigenvalue weighted by atomic mass is 19.1. The smallest absolute Gasteiger partial charge is 0.283 e. The molecule has 0 spiro atoms. The van der Waals surface area contributed by atoms with Gasteiger partial charge in [-0.3, -0.25) is 4.79 Å². The summed E-state index contributed by atoms with van der Waals surface area (Å²) in [5, 5.41) is 10.7. The third-order valence-corrected chi connectivity index (χ3v) is 4.07. The van der Waals surface area contributed by atoms with Crippen LogP contribution in [0.2, 0.25) is 0 Å². The SMILES string of the molecule is CCC[NH+](CC(=O)Nc1ccc(C)c(F)c1)Cc1nnc(-c2ccco2)o1. The normalized spacial score (nSPS) is 12.1. The zero-order valence-corrected chi connectivity index (χ0v) is 15.3. The largest absolute Gasteiger partial charge is 0.459 e. The summed E-state index contributed by atoms with van der Waals surface area (Å²) in [6.45, 7) is 5.10. The highest BCUT2D eigenvalue weighted by molar-refractivity contribution is 5.91. The molecule has 0 fully saturated rings. The van der Waals surface area contributed by atoms with Gasteiger partial charge in [0.1, 0.15) is 5.82 Å². The van der Waals surface area contributed by atoms with E-state index in [0.29, 0.717) is 35.3 Å². The van der Waals surface area contributed by atoms with Crippen molar-refractivity contribution in [1.29, 1.82) is 0 Å². The number of aromatic nitrogens is 2. The van der Waals surface area contributed by atoms with Gasteiger partial charge in [-0.25, -0.2) is 4.39 Å². The van der Waals surface area contributed by atoms with Crippen LogP contribution in [0.1, 0.15) is 24.8 Å². The van der Waals surface area contributed by atoms with Crippen molar-refractivity contribution in [3.63, 3.8) is 0 Å². The summed E-state index contributed by atoms with van der Waals surface area (Å²) in [4.78, 5) is 13.3. The van der Waals surface area contributed by atoms with Crippen LogP contribution in [0.15, 0.2) is 45.4 Å². The van der Waals surface area contributed by atoms with Crippen LogP contribution in [0.4, 0.5) is 10.1 Å². The molecule has 0 radical (unpaired) electrons. The molecule has 1 unspecified atom stereocenters. The van der Waals surface area contributed by atoms with E-state index in [1.54, 1.807) is 31.2 Å². The average Bonchev–Trinajstić information content (AvgIpc) is 3.29. The van der Waals surface area contributed by atoms with Crippen LogP contribution >= 0.6 is 0 Å². The maximum absolute atomic E-state index is 13.6. The second-order valence-corrected chi connectivity index (χ2v) is 6.34. The van der Waals surface area contributed by atoms with Crippen LogP contribution in [-0.4, -0.2) is 29.2 Å². The Morgan fingerprint density at radius 1 is 1.30 bits per heavy atom. The fourth-order valence-electron chi connectivity index (χ4n) is 2.73. The molecule has 3 rings (SSSR count). The van der Waals surface area contributed by atoms with Crippen molar-refractivity contribution in [2.24, 2.45) is 0 Å². The number of anilines is 1. The first-order valence-electron chi connectivity index (χ1n) is 8.81. The number of nitrogens with zero attached hydrogens (tertiary/aromatic N) is 2. The number of carbonyl (C=O) groups excluding carboxylic acids is 1. The van der Waals surface area contributed by atoms with Crippen molar-refractivity contribution in [1.82, 2.24) is 10.2 Å². The number of quaternary nitrogens is 1. The van der Waals surface area contributed by atoms with E-state index in [1.165, 1.54) is 12.3 Å². The predicted octanol–water partition coefficient (Wildman–Crippen LogP) is 2.21. The molecule has 0 saturated carbocycles. The number of rotatable bonds is 8. The number of furan rings is 1. The van der Waals surface area contributed by atoms with Gasteiger partial charge in [-0.2, -0.15) is 0 Å². The molecule has 2 aromatic heterocycles. The van der Waals surface area contributed by atoms with E-state index >= 15 is 0 Å². The third-order valence-electron chi connectivity index (χ3n) is 4.07. The average molecular weight is 373 g/mol. The quantitative estimate of drug-likeness (QED) is 0.632. The molecule has 0 aliphatic rings. The summed E-state index contributed by atoms with van der Waals surface area (Å²) in [6, 6.07) is 8.12. The predicted molar refractivity (Wildman–Crippen MR) is 96.5 cm³/mol. The summed E-state index contributed by atoms with van der Waals surface area (Å²) >= 11 is 0. The summed E-state index contributed by atoms with van der Waals surface area (Å²) in [7, 11) is 0. The highest BCUT2D eigenvalue weighted by Crippen LogP contribution is 2.17. The Labute approximate surface area is 156 Å². The topological polar surface area (TPSA) is 85.6 Å². The Bertz CT molecular complexity index is 892. The molecule has 2 heterocycles. The lowest BCUT2D eigenvalue weighted by molar-refractivity contribution is -0.907. The Morgan fingerprint density at radius 2 is 2.15 bits per heavy atom. The fraction of sp³-hybridized carbons (Fsp3) is 0.316. The number of nitrogens with one attached hydrogen (secondary N) is 2. The van der Waals surface area contributed by atoms with E-state index in [0.717, 1.165) is 17.9 Å². The summed E-state index contributed by atoms with van der Waals surface area (Å²) < 4.78 is 24.5. The monoisotopic (exact) mass is 373 g/mol. The summed E-state index contributed by atoms with van der Waals surface area (Å²) in [5.41, 5.74) is 0.979. The van der Waals surface area contributed by atoms with Crippen LogP contribution in [0.5, 0.6) is 0 Å². The molecule has 142 valence electrons. The van der Waals surface area contributed by atoms with E-state index in [9.17, 15) is 9.18 Å². The van der Waals surface area contributed by atoms with Gasteiger partial charge in [0.25, 0.3) is 17.7 Å². The minimum absolute atomic E-state index is 0.201. The maximum Gasteiger partial charge on any atom is 0.283 e. The zero-order chi connectivity index (χ0) is 19.2. The van der Waals surface area contributed by atoms with Gasteiger partial charge in [-0.1, -0.05) is 13.0 Å². The lowest BCUT2D eigenvalue weighted by atomic mass is 10.2. The first-order chi connectivity index (χ1) is 13.0. The highest BCUT2D eigenvalue weighted by Gasteiger charge is 2.19. The van der Waals surface area contributed by atoms with Gasteiger partial charge in [-0.15, -0.1) is 10.2 Å². The number of amides is 1. The molecule has 3 aromatic rings. The number of halogens is 1. The molecular weight excluding hydrogens is 351 g/mol. The van der Waals surface area contributed by atoms with Gasteiger partial charge in [0.2, 0.25) is 0 Å². The molecule has 0 aliphatic carbocycles. The second kappa shape index (κ2) is 8.59. The van der Waals surface area contributed by atoms with Gasteiger partial charge in [0, 0.05) is 5.69 Å². The summed E-state index contributed by atoms with van der Waals surface area (Å²) in [6.07, 6.45) is 2.42. The molecule has 1 atom stereocenters. The minimum atomic E-state index is -0.345. The Balaban J connectivity index is 1.61. The van der Waals surface area contributed by atoms with E-state index in [-0.39, 0.29) is 18.3 Å². The number of aryl methyl sites for hydroxylation is 1. The fourth-order valence-corrected chi connectivity index (χ4v) is 2.73. The third kappa shape index (κ3) is 5.01. The molecule has 7 nitrogen and oxygen atoms in total. The molecule has 27 heavy (non-hydrogen) atoms. The minimum Gasteiger partial charge on any atom is -0.459 e. The first-order valence-corrected chi connectivity index (χ1v) is 8.81. The van der Waals surface area contributed by atoms with Crippen molar-refractivity contribution in [3.05, 3.63) is 53.9 Å².